The number of aryl methyl sites for hydroxylation is 1. The van der Waals surface area contributed by atoms with Crippen molar-refractivity contribution in [3.05, 3.63) is 51.7 Å². The van der Waals surface area contributed by atoms with E-state index in [0.717, 1.165) is 17.8 Å². The Hall–Kier alpha value is -1.81. The summed E-state index contributed by atoms with van der Waals surface area (Å²) in [5.74, 6) is -0.886. The summed E-state index contributed by atoms with van der Waals surface area (Å²) in [5, 5.41) is 11.2. The minimum absolute atomic E-state index is 0.347. The molecule has 0 fully saturated rings. The van der Waals surface area contributed by atoms with Crippen molar-refractivity contribution in [3.63, 3.8) is 0 Å². The van der Waals surface area contributed by atoms with Gasteiger partial charge in [-0.3, -0.25) is 0 Å². The molecule has 0 aliphatic heterocycles. The van der Waals surface area contributed by atoms with Crippen LogP contribution in [0.5, 0.6) is 0 Å². The van der Waals surface area contributed by atoms with Crippen LogP contribution in [0.15, 0.2) is 35.7 Å². The van der Waals surface area contributed by atoms with Crippen LogP contribution < -0.4 is 4.90 Å². The van der Waals surface area contributed by atoms with Crippen molar-refractivity contribution in [1.82, 2.24) is 0 Å². The van der Waals surface area contributed by atoms with Crippen molar-refractivity contribution < 1.29 is 9.90 Å². The number of benzene rings is 1. The summed E-state index contributed by atoms with van der Waals surface area (Å²) in [5.41, 5.74) is 2.17. The first-order chi connectivity index (χ1) is 8.58. The molecule has 2 aromatic rings. The van der Waals surface area contributed by atoms with Crippen LogP contribution >= 0.6 is 11.3 Å². The second-order valence-electron chi connectivity index (χ2n) is 4.26. The summed E-state index contributed by atoms with van der Waals surface area (Å²) >= 11 is 1.68. The number of aromatic carboxylic acids is 1. The summed E-state index contributed by atoms with van der Waals surface area (Å²) in [4.78, 5) is 14.4. The number of anilines is 1. The summed E-state index contributed by atoms with van der Waals surface area (Å²) in [6.07, 6.45) is 0. The molecular formula is C14H15NO2S. The first-order valence-electron chi connectivity index (χ1n) is 5.65. The number of carboxylic acid groups (broad SMARTS) is 1. The number of carbonyl (C=O) groups is 1. The first-order valence-corrected chi connectivity index (χ1v) is 6.53. The lowest BCUT2D eigenvalue weighted by Gasteiger charge is -2.21. The highest BCUT2D eigenvalue weighted by molar-refractivity contribution is 7.09. The molecule has 1 heterocycles. The van der Waals surface area contributed by atoms with Crippen molar-refractivity contribution in [1.29, 1.82) is 0 Å². The van der Waals surface area contributed by atoms with Crippen LogP contribution in [-0.4, -0.2) is 18.1 Å². The lowest BCUT2D eigenvalue weighted by Crippen LogP contribution is -2.19. The maximum absolute atomic E-state index is 11.2. The van der Waals surface area contributed by atoms with E-state index in [0.29, 0.717) is 5.56 Å². The Labute approximate surface area is 110 Å². The molecule has 1 aromatic heterocycles. The van der Waals surface area contributed by atoms with Gasteiger partial charge in [0.25, 0.3) is 0 Å². The summed E-state index contributed by atoms with van der Waals surface area (Å²) in [6, 6.07) is 9.46. The van der Waals surface area contributed by atoms with E-state index >= 15 is 0 Å². The molecule has 0 saturated carbocycles. The third-order valence-electron chi connectivity index (χ3n) is 2.77. The summed E-state index contributed by atoms with van der Waals surface area (Å²) in [7, 11) is 1.92. The third-order valence-corrected chi connectivity index (χ3v) is 3.63. The Bertz CT molecular complexity index is 549. The van der Waals surface area contributed by atoms with Crippen molar-refractivity contribution in [2.75, 3.05) is 11.9 Å². The largest absolute Gasteiger partial charge is 0.478 e. The zero-order valence-corrected chi connectivity index (χ0v) is 11.2. The topological polar surface area (TPSA) is 40.5 Å². The molecule has 1 N–H and O–H groups in total. The molecule has 0 atom stereocenters. The lowest BCUT2D eigenvalue weighted by atomic mass is 10.1. The van der Waals surface area contributed by atoms with Crippen molar-refractivity contribution in [2.45, 2.75) is 13.5 Å². The highest BCUT2D eigenvalue weighted by Crippen LogP contribution is 2.24. The van der Waals surface area contributed by atoms with E-state index in [9.17, 15) is 9.90 Å². The normalized spacial score (nSPS) is 10.3. The van der Waals surface area contributed by atoms with Gasteiger partial charge < -0.3 is 10.0 Å². The fourth-order valence-corrected chi connectivity index (χ4v) is 2.62. The molecule has 18 heavy (non-hydrogen) atoms. The molecule has 1 aromatic carbocycles. The Morgan fingerprint density at radius 3 is 2.78 bits per heavy atom. The van der Waals surface area contributed by atoms with Gasteiger partial charge >= 0.3 is 5.97 Å². The third kappa shape index (κ3) is 2.71. The van der Waals surface area contributed by atoms with Crippen molar-refractivity contribution in [2.24, 2.45) is 0 Å². The van der Waals surface area contributed by atoms with Crippen LogP contribution in [0.25, 0.3) is 0 Å². The molecule has 0 bridgehead atoms. The van der Waals surface area contributed by atoms with Crippen molar-refractivity contribution >= 4 is 23.0 Å². The van der Waals surface area contributed by atoms with Crippen LogP contribution in [0.3, 0.4) is 0 Å². The minimum atomic E-state index is -0.886. The lowest BCUT2D eigenvalue weighted by molar-refractivity contribution is 0.0697. The van der Waals surface area contributed by atoms with E-state index in [1.54, 1.807) is 17.4 Å². The van der Waals surface area contributed by atoms with Gasteiger partial charge in [0.1, 0.15) is 0 Å². The van der Waals surface area contributed by atoms with Crippen LogP contribution in [0.1, 0.15) is 20.8 Å². The molecule has 2 rings (SSSR count). The van der Waals surface area contributed by atoms with Crippen LogP contribution in [0.2, 0.25) is 0 Å². The number of hydrogen-bond acceptors (Lipinski definition) is 3. The van der Waals surface area contributed by atoms with E-state index in [4.69, 9.17) is 0 Å². The fourth-order valence-electron chi connectivity index (χ4n) is 1.86. The Balaban J connectivity index is 2.31. The van der Waals surface area contributed by atoms with Gasteiger partial charge in [0.2, 0.25) is 0 Å². The first kappa shape index (κ1) is 12.6. The smallest absolute Gasteiger partial charge is 0.337 e. The van der Waals surface area contributed by atoms with Crippen LogP contribution in [-0.2, 0) is 6.54 Å². The predicted octanol–water partition coefficient (Wildman–Crippen LogP) is 3.39. The van der Waals surface area contributed by atoms with Crippen molar-refractivity contribution in [3.8, 4) is 0 Å². The quantitative estimate of drug-likeness (QED) is 0.917. The van der Waals surface area contributed by atoms with E-state index in [-0.39, 0.29) is 0 Å². The van der Waals surface area contributed by atoms with E-state index in [2.05, 4.69) is 6.07 Å². The van der Waals surface area contributed by atoms with Gasteiger partial charge in [-0.05, 0) is 36.1 Å². The molecular weight excluding hydrogens is 246 g/mol. The molecule has 0 saturated heterocycles. The Morgan fingerprint density at radius 2 is 2.17 bits per heavy atom. The van der Waals surface area contributed by atoms with E-state index < -0.39 is 5.97 Å². The van der Waals surface area contributed by atoms with Crippen LogP contribution in [0, 0.1) is 6.92 Å². The summed E-state index contributed by atoms with van der Waals surface area (Å²) in [6.45, 7) is 2.69. The number of nitrogens with zero attached hydrogens (tertiary/aromatic N) is 1. The van der Waals surface area contributed by atoms with Gasteiger partial charge in [0, 0.05) is 11.9 Å². The average Bonchev–Trinajstić information content (AvgIpc) is 2.81. The standard InChI is InChI=1S/C14H15NO2S/c1-10-5-6-12(14(16)17)13(8-10)15(2)9-11-4-3-7-18-11/h3-8H,9H2,1-2H3,(H,16,17). The van der Waals surface area contributed by atoms with E-state index in [1.807, 2.05) is 42.5 Å². The van der Waals surface area contributed by atoms with Gasteiger partial charge in [-0.2, -0.15) is 0 Å². The average molecular weight is 261 g/mol. The van der Waals surface area contributed by atoms with Gasteiger partial charge in [-0.25, -0.2) is 4.79 Å². The van der Waals surface area contributed by atoms with Gasteiger partial charge in [-0.15, -0.1) is 11.3 Å². The number of rotatable bonds is 4. The monoisotopic (exact) mass is 261 g/mol. The molecule has 4 heteroatoms. The predicted molar refractivity (Wildman–Crippen MR) is 74.6 cm³/mol. The second kappa shape index (κ2) is 5.23. The molecule has 0 aliphatic carbocycles. The van der Waals surface area contributed by atoms with Crippen LogP contribution in [0.4, 0.5) is 5.69 Å². The molecule has 0 radical (unpaired) electrons. The fraction of sp³-hybridized carbons (Fsp3) is 0.214. The molecule has 0 spiro atoms. The van der Waals surface area contributed by atoms with Gasteiger partial charge in [-0.1, -0.05) is 12.1 Å². The van der Waals surface area contributed by atoms with Gasteiger partial charge in [0.05, 0.1) is 17.8 Å². The zero-order chi connectivity index (χ0) is 13.1. The molecule has 0 amide bonds. The number of thiophene rings is 1. The summed E-state index contributed by atoms with van der Waals surface area (Å²) < 4.78 is 0. The van der Waals surface area contributed by atoms with Gasteiger partial charge in [0.15, 0.2) is 0 Å². The SMILES string of the molecule is Cc1ccc(C(=O)O)c(N(C)Cc2cccs2)c1. The molecule has 94 valence electrons. The molecule has 3 nitrogen and oxygen atoms in total. The highest BCUT2D eigenvalue weighted by atomic mass is 32.1. The number of carboxylic acids is 1. The number of hydrogen-bond donors (Lipinski definition) is 1. The molecule has 0 aliphatic rings. The zero-order valence-electron chi connectivity index (χ0n) is 10.4. The minimum Gasteiger partial charge on any atom is -0.478 e. The Kier molecular flexibility index (Phi) is 3.67. The maximum Gasteiger partial charge on any atom is 0.337 e. The molecule has 0 unspecified atom stereocenters. The highest BCUT2D eigenvalue weighted by Gasteiger charge is 2.14. The second-order valence-corrected chi connectivity index (χ2v) is 5.29. The Morgan fingerprint density at radius 1 is 1.39 bits per heavy atom. The van der Waals surface area contributed by atoms with E-state index in [1.165, 1.54) is 4.88 Å². The maximum atomic E-state index is 11.2.